The molecule has 0 spiro atoms. The summed E-state index contributed by atoms with van der Waals surface area (Å²) in [4.78, 5) is 2.44. The number of benzene rings is 2. The normalized spacial score (nSPS) is 23.5. The van der Waals surface area contributed by atoms with Gasteiger partial charge in [0.2, 0.25) is 0 Å². The van der Waals surface area contributed by atoms with Gasteiger partial charge in [0.15, 0.2) is 0 Å². The van der Waals surface area contributed by atoms with Crippen molar-refractivity contribution < 1.29 is 5.11 Å². The first-order valence-corrected chi connectivity index (χ1v) is 7.84. The quantitative estimate of drug-likeness (QED) is 0.910. The molecule has 2 aromatic carbocycles. The van der Waals surface area contributed by atoms with E-state index in [0.29, 0.717) is 24.3 Å². The number of fused-ring (bicyclic) bond motifs is 1. The van der Waals surface area contributed by atoms with Crippen LogP contribution in [0.2, 0.25) is 0 Å². The number of likely N-dealkylation sites (tertiary alicyclic amines) is 1. The summed E-state index contributed by atoms with van der Waals surface area (Å²) < 4.78 is 0. The molecule has 2 unspecified atom stereocenters. The van der Waals surface area contributed by atoms with Crippen molar-refractivity contribution in [2.24, 2.45) is 11.7 Å². The van der Waals surface area contributed by atoms with Crippen LogP contribution in [-0.4, -0.2) is 29.1 Å². The smallest absolute Gasteiger partial charge is 0.120 e. The van der Waals surface area contributed by atoms with E-state index >= 15 is 0 Å². The highest BCUT2D eigenvalue weighted by atomic mass is 16.3. The van der Waals surface area contributed by atoms with Gasteiger partial charge >= 0.3 is 0 Å². The SMILES string of the molecule is CC1CCCN(Cc2c(O)ccc3ccccc23)C1CN. The van der Waals surface area contributed by atoms with E-state index in [-0.39, 0.29) is 0 Å². The van der Waals surface area contributed by atoms with Crippen molar-refractivity contribution in [1.29, 1.82) is 0 Å². The number of aromatic hydroxyl groups is 1. The first kappa shape index (κ1) is 14.4. The highest BCUT2D eigenvalue weighted by Gasteiger charge is 2.28. The molecule has 0 radical (unpaired) electrons. The van der Waals surface area contributed by atoms with E-state index in [2.05, 4.69) is 24.0 Å². The maximum atomic E-state index is 10.3. The molecule has 0 saturated carbocycles. The minimum atomic E-state index is 0.391. The number of nitrogens with two attached hydrogens (primary N) is 1. The van der Waals surface area contributed by atoms with Crippen LogP contribution in [0.15, 0.2) is 36.4 Å². The lowest BCUT2D eigenvalue weighted by Gasteiger charge is -2.39. The van der Waals surface area contributed by atoms with Gasteiger partial charge in [-0.1, -0.05) is 37.3 Å². The molecule has 2 aromatic rings. The van der Waals surface area contributed by atoms with E-state index in [1.807, 2.05) is 24.3 Å². The maximum absolute atomic E-state index is 10.3. The number of phenols is 1. The fourth-order valence-electron chi connectivity index (χ4n) is 3.61. The predicted octanol–water partition coefficient (Wildman–Crippen LogP) is 3.10. The average molecular weight is 284 g/mol. The number of rotatable bonds is 3. The van der Waals surface area contributed by atoms with Crippen molar-refractivity contribution in [1.82, 2.24) is 4.90 Å². The molecule has 0 amide bonds. The largest absolute Gasteiger partial charge is 0.508 e. The second-order valence-corrected chi connectivity index (χ2v) is 6.18. The summed E-state index contributed by atoms with van der Waals surface area (Å²) >= 11 is 0. The Morgan fingerprint density at radius 1 is 1.24 bits per heavy atom. The third kappa shape index (κ3) is 2.76. The maximum Gasteiger partial charge on any atom is 0.120 e. The number of nitrogens with zero attached hydrogens (tertiary/aromatic N) is 1. The van der Waals surface area contributed by atoms with Gasteiger partial charge in [0, 0.05) is 24.7 Å². The van der Waals surface area contributed by atoms with Crippen LogP contribution >= 0.6 is 0 Å². The molecule has 112 valence electrons. The van der Waals surface area contributed by atoms with E-state index in [0.717, 1.165) is 24.0 Å². The second kappa shape index (κ2) is 6.04. The topological polar surface area (TPSA) is 49.5 Å². The predicted molar refractivity (Wildman–Crippen MR) is 87.3 cm³/mol. The fourth-order valence-corrected chi connectivity index (χ4v) is 3.61. The standard InChI is InChI=1S/C18H24N2O/c1-13-5-4-10-20(17(13)11-19)12-16-15-7-3-2-6-14(15)8-9-18(16)21/h2-3,6-9,13,17,21H,4-5,10-12,19H2,1H3. The zero-order valence-electron chi connectivity index (χ0n) is 12.6. The van der Waals surface area contributed by atoms with Crippen LogP contribution in [0, 0.1) is 5.92 Å². The fraction of sp³-hybridized carbons (Fsp3) is 0.444. The van der Waals surface area contributed by atoms with Crippen LogP contribution in [0.3, 0.4) is 0 Å². The summed E-state index contributed by atoms with van der Waals surface area (Å²) in [6, 6.07) is 12.5. The molecular formula is C18H24N2O. The molecule has 0 aromatic heterocycles. The van der Waals surface area contributed by atoms with E-state index < -0.39 is 0 Å². The molecule has 1 saturated heterocycles. The van der Waals surface area contributed by atoms with Gasteiger partial charge in [-0.25, -0.2) is 0 Å². The van der Waals surface area contributed by atoms with Crippen LogP contribution < -0.4 is 5.73 Å². The Morgan fingerprint density at radius 3 is 2.86 bits per heavy atom. The average Bonchev–Trinajstić information content (AvgIpc) is 2.50. The lowest BCUT2D eigenvalue weighted by molar-refractivity contribution is 0.0987. The molecule has 21 heavy (non-hydrogen) atoms. The van der Waals surface area contributed by atoms with Crippen molar-refractivity contribution >= 4 is 10.8 Å². The Hall–Kier alpha value is -1.58. The summed E-state index contributed by atoms with van der Waals surface area (Å²) in [7, 11) is 0. The third-order valence-electron chi connectivity index (χ3n) is 4.85. The van der Waals surface area contributed by atoms with Gasteiger partial charge < -0.3 is 10.8 Å². The number of hydrogen-bond acceptors (Lipinski definition) is 3. The molecule has 3 nitrogen and oxygen atoms in total. The van der Waals surface area contributed by atoms with Gasteiger partial charge in [-0.2, -0.15) is 0 Å². The molecule has 0 bridgehead atoms. The lowest BCUT2D eigenvalue weighted by Crippen LogP contribution is -2.48. The van der Waals surface area contributed by atoms with Crippen molar-refractivity contribution in [2.45, 2.75) is 32.4 Å². The minimum Gasteiger partial charge on any atom is -0.508 e. The molecule has 1 fully saturated rings. The van der Waals surface area contributed by atoms with Gasteiger partial charge in [-0.05, 0) is 42.1 Å². The molecule has 3 N–H and O–H groups in total. The number of hydrogen-bond donors (Lipinski definition) is 2. The van der Waals surface area contributed by atoms with E-state index in [1.54, 1.807) is 0 Å². The van der Waals surface area contributed by atoms with Crippen molar-refractivity contribution in [3.8, 4) is 5.75 Å². The van der Waals surface area contributed by atoms with Crippen LogP contribution in [0.4, 0.5) is 0 Å². The van der Waals surface area contributed by atoms with Crippen LogP contribution in [-0.2, 0) is 6.54 Å². The van der Waals surface area contributed by atoms with E-state index in [9.17, 15) is 5.11 Å². The van der Waals surface area contributed by atoms with Gasteiger partial charge in [-0.3, -0.25) is 4.90 Å². The summed E-state index contributed by atoms with van der Waals surface area (Å²) in [5.74, 6) is 1.02. The van der Waals surface area contributed by atoms with Crippen molar-refractivity contribution in [3.05, 3.63) is 42.0 Å². The Balaban J connectivity index is 1.95. The van der Waals surface area contributed by atoms with Crippen LogP contribution in [0.25, 0.3) is 10.8 Å². The lowest BCUT2D eigenvalue weighted by atomic mass is 9.90. The number of phenolic OH excluding ortho intramolecular Hbond substituents is 1. The summed E-state index contributed by atoms with van der Waals surface area (Å²) in [6.45, 7) is 4.81. The van der Waals surface area contributed by atoms with Crippen LogP contribution in [0.1, 0.15) is 25.3 Å². The highest BCUT2D eigenvalue weighted by Crippen LogP contribution is 2.31. The third-order valence-corrected chi connectivity index (χ3v) is 4.85. The Labute approximate surface area is 126 Å². The molecule has 1 aliphatic rings. The molecule has 3 rings (SSSR count). The summed E-state index contributed by atoms with van der Waals surface area (Å²) in [5, 5.41) is 12.6. The Kier molecular flexibility index (Phi) is 4.13. The Morgan fingerprint density at radius 2 is 2.05 bits per heavy atom. The van der Waals surface area contributed by atoms with Crippen molar-refractivity contribution in [2.75, 3.05) is 13.1 Å². The molecule has 1 aliphatic heterocycles. The zero-order valence-corrected chi connectivity index (χ0v) is 12.6. The Bertz CT molecular complexity index is 626. The molecule has 0 aliphatic carbocycles. The highest BCUT2D eigenvalue weighted by molar-refractivity contribution is 5.87. The van der Waals surface area contributed by atoms with Gasteiger partial charge in [0.1, 0.15) is 5.75 Å². The monoisotopic (exact) mass is 284 g/mol. The minimum absolute atomic E-state index is 0.391. The van der Waals surface area contributed by atoms with E-state index in [4.69, 9.17) is 5.73 Å². The first-order valence-electron chi connectivity index (χ1n) is 7.84. The summed E-state index contributed by atoms with van der Waals surface area (Å²) in [5.41, 5.74) is 7.01. The van der Waals surface area contributed by atoms with Gasteiger partial charge in [0.25, 0.3) is 0 Å². The first-order chi connectivity index (χ1) is 10.2. The number of piperidine rings is 1. The molecule has 2 atom stereocenters. The van der Waals surface area contributed by atoms with E-state index in [1.165, 1.54) is 18.2 Å². The molecule has 3 heteroatoms. The molecule has 1 heterocycles. The van der Waals surface area contributed by atoms with Crippen LogP contribution in [0.5, 0.6) is 5.75 Å². The zero-order chi connectivity index (χ0) is 14.8. The summed E-state index contributed by atoms with van der Waals surface area (Å²) in [6.07, 6.45) is 2.46. The van der Waals surface area contributed by atoms with Gasteiger partial charge in [-0.15, -0.1) is 0 Å². The molecular weight excluding hydrogens is 260 g/mol. The van der Waals surface area contributed by atoms with Crippen molar-refractivity contribution in [3.63, 3.8) is 0 Å². The van der Waals surface area contributed by atoms with Gasteiger partial charge in [0.05, 0.1) is 0 Å². The second-order valence-electron chi connectivity index (χ2n) is 6.18.